The van der Waals surface area contributed by atoms with Gasteiger partial charge in [0, 0.05) is 31.3 Å². The zero-order valence-corrected chi connectivity index (χ0v) is 19.5. The van der Waals surface area contributed by atoms with Gasteiger partial charge in [-0.05, 0) is 32.4 Å². The summed E-state index contributed by atoms with van der Waals surface area (Å²) in [7, 11) is 3.47. The molecular weight excluding hydrogens is 404 g/mol. The first-order valence-electron chi connectivity index (χ1n) is 10.9. The van der Waals surface area contributed by atoms with Crippen LogP contribution in [0.25, 0.3) is 11.3 Å². The molecule has 0 fully saturated rings. The summed E-state index contributed by atoms with van der Waals surface area (Å²) in [5.74, 6) is 1.94. The number of urea groups is 1. The number of nitrogens with zero attached hydrogens (tertiary/aromatic N) is 3. The van der Waals surface area contributed by atoms with Crippen LogP contribution in [0.4, 0.5) is 4.79 Å². The summed E-state index contributed by atoms with van der Waals surface area (Å²) in [4.78, 5) is 14.7. The molecule has 2 amide bonds. The maximum absolute atomic E-state index is 12.9. The number of ether oxygens (including phenoxy) is 2. The van der Waals surface area contributed by atoms with Crippen LogP contribution in [0.3, 0.4) is 0 Å². The van der Waals surface area contributed by atoms with E-state index < -0.39 is 0 Å². The third-order valence-corrected chi connectivity index (χ3v) is 4.93. The van der Waals surface area contributed by atoms with E-state index in [1.165, 1.54) is 0 Å². The van der Waals surface area contributed by atoms with Crippen molar-refractivity contribution in [1.82, 2.24) is 20.0 Å². The lowest BCUT2D eigenvalue weighted by Gasteiger charge is -2.24. The fourth-order valence-electron chi connectivity index (χ4n) is 3.48. The number of aryl methyl sites for hydroxylation is 1. The van der Waals surface area contributed by atoms with E-state index in [0.29, 0.717) is 30.5 Å². The number of aromatic nitrogens is 2. The molecule has 0 atom stereocenters. The lowest BCUT2D eigenvalue weighted by Crippen LogP contribution is -2.43. The summed E-state index contributed by atoms with van der Waals surface area (Å²) in [6, 6.07) is 17.3. The Morgan fingerprint density at radius 3 is 2.50 bits per heavy atom. The molecule has 170 valence electrons. The lowest BCUT2D eigenvalue weighted by atomic mass is 10.1. The van der Waals surface area contributed by atoms with Crippen molar-refractivity contribution in [2.75, 3.05) is 13.7 Å². The van der Waals surface area contributed by atoms with Gasteiger partial charge in [0.25, 0.3) is 0 Å². The Balaban J connectivity index is 2.04. The molecule has 0 radical (unpaired) electrons. The maximum Gasteiger partial charge on any atom is 0.317 e. The lowest BCUT2D eigenvalue weighted by molar-refractivity contribution is 0.192. The van der Waals surface area contributed by atoms with Gasteiger partial charge in [0.2, 0.25) is 5.88 Å². The molecule has 0 saturated carbocycles. The highest BCUT2D eigenvalue weighted by Gasteiger charge is 2.24. The van der Waals surface area contributed by atoms with Crippen molar-refractivity contribution in [2.45, 2.75) is 39.8 Å². The highest BCUT2D eigenvalue weighted by atomic mass is 16.5. The fraction of sp³-hybridized carbons (Fsp3) is 0.360. The van der Waals surface area contributed by atoms with Gasteiger partial charge >= 0.3 is 6.03 Å². The van der Waals surface area contributed by atoms with Crippen molar-refractivity contribution < 1.29 is 14.3 Å². The minimum Gasteiger partial charge on any atom is -0.497 e. The first-order chi connectivity index (χ1) is 15.4. The number of carbonyl (C=O) groups is 1. The Bertz CT molecular complexity index is 1030. The zero-order valence-electron chi connectivity index (χ0n) is 19.5. The summed E-state index contributed by atoms with van der Waals surface area (Å²) in [5.41, 5.74) is 2.62. The minimum absolute atomic E-state index is 0.0526. The van der Waals surface area contributed by atoms with Gasteiger partial charge in [-0.1, -0.05) is 43.3 Å². The van der Waals surface area contributed by atoms with E-state index in [1.54, 1.807) is 11.8 Å². The van der Waals surface area contributed by atoms with Gasteiger partial charge in [-0.25, -0.2) is 9.48 Å². The summed E-state index contributed by atoms with van der Waals surface area (Å²) in [6.07, 6.45) is 0.846. The van der Waals surface area contributed by atoms with Crippen LogP contribution in [-0.4, -0.2) is 40.4 Å². The Hall–Kier alpha value is -3.48. The molecular formula is C25H32N4O3. The van der Waals surface area contributed by atoms with E-state index in [-0.39, 0.29) is 12.1 Å². The van der Waals surface area contributed by atoms with Crippen molar-refractivity contribution in [2.24, 2.45) is 7.05 Å². The second-order valence-electron chi connectivity index (χ2n) is 7.93. The SMILES string of the molecule is CCCN(Cc1c(-c2ccccc2)nn(C)c1Oc1cccc(OC)c1)C(=O)NC(C)C. The number of benzene rings is 2. The van der Waals surface area contributed by atoms with Crippen LogP contribution in [0.15, 0.2) is 54.6 Å². The van der Waals surface area contributed by atoms with Crippen LogP contribution in [0.2, 0.25) is 0 Å². The number of methoxy groups -OCH3 is 1. The third kappa shape index (κ3) is 5.60. The van der Waals surface area contributed by atoms with Crippen LogP contribution in [0.1, 0.15) is 32.8 Å². The molecule has 3 rings (SSSR count). The summed E-state index contributed by atoms with van der Waals surface area (Å²) >= 11 is 0. The summed E-state index contributed by atoms with van der Waals surface area (Å²) in [6.45, 7) is 6.98. The van der Waals surface area contributed by atoms with Crippen molar-refractivity contribution >= 4 is 6.03 Å². The van der Waals surface area contributed by atoms with Gasteiger partial charge < -0.3 is 19.7 Å². The third-order valence-electron chi connectivity index (χ3n) is 4.93. The van der Waals surface area contributed by atoms with Gasteiger partial charge in [0.15, 0.2) is 0 Å². The van der Waals surface area contributed by atoms with Gasteiger partial charge in [-0.3, -0.25) is 0 Å². The Morgan fingerprint density at radius 1 is 1.12 bits per heavy atom. The molecule has 0 aliphatic carbocycles. The summed E-state index contributed by atoms with van der Waals surface area (Å²) < 4.78 is 13.3. The van der Waals surface area contributed by atoms with Crippen LogP contribution < -0.4 is 14.8 Å². The van der Waals surface area contributed by atoms with Crippen molar-refractivity contribution in [3.63, 3.8) is 0 Å². The molecule has 2 aromatic carbocycles. The number of hydrogen-bond donors (Lipinski definition) is 1. The van der Waals surface area contributed by atoms with Crippen LogP contribution in [0.5, 0.6) is 17.4 Å². The number of carbonyl (C=O) groups excluding carboxylic acids is 1. The fourth-order valence-corrected chi connectivity index (χ4v) is 3.48. The second kappa shape index (κ2) is 10.7. The predicted molar refractivity (Wildman–Crippen MR) is 126 cm³/mol. The first kappa shape index (κ1) is 23.2. The average molecular weight is 437 g/mol. The number of rotatable bonds is 9. The highest BCUT2D eigenvalue weighted by molar-refractivity contribution is 5.75. The molecule has 7 heteroatoms. The molecule has 1 aromatic heterocycles. The quantitative estimate of drug-likeness (QED) is 0.499. The van der Waals surface area contributed by atoms with Crippen molar-refractivity contribution in [3.05, 3.63) is 60.2 Å². The molecule has 1 heterocycles. The van der Waals surface area contributed by atoms with Gasteiger partial charge in [-0.2, -0.15) is 5.10 Å². The monoisotopic (exact) mass is 436 g/mol. The minimum atomic E-state index is -0.1000. The number of hydrogen-bond acceptors (Lipinski definition) is 4. The van der Waals surface area contributed by atoms with Gasteiger partial charge in [0.05, 0.1) is 19.2 Å². The van der Waals surface area contributed by atoms with Gasteiger partial charge in [0.1, 0.15) is 17.2 Å². The highest BCUT2D eigenvalue weighted by Crippen LogP contribution is 2.35. The molecule has 0 aliphatic rings. The first-order valence-corrected chi connectivity index (χ1v) is 10.9. The molecule has 0 saturated heterocycles. The van der Waals surface area contributed by atoms with Crippen molar-refractivity contribution in [3.8, 4) is 28.6 Å². The molecule has 7 nitrogen and oxygen atoms in total. The standard InChI is InChI=1S/C25H32N4O3/c1-6-15-29(25(30)26-18(2)3)17-22-23(19-11-8-7-9-12-19)27-28(4)24(22)32-21-14-10-13-20(16-21)31-5/h7-14,16,18H,6,15,17H2,1-5H3,(H,26,30). The summed E-state index contributed by atoms with van der Waals surface area (Å²) in [5, 5.41) is 7.76. The average Bonchev–Trinajstić information content (AvgIpc) is 3.08. The molecule has 3 aromatic rings. The predicted octanol–water partition coefficient (Wildman–Crippen LogP) is 5.22. The van der Waals surface area contributed by atoms with E-state index in [1.807, 2.05) is 80.4 Å². The Kier molecular flexibility index (Phi) is 7.76. The topological polar surface area (TPSA) is 68.6 Å². The maximum atomic E-state index is 12.9. The van der Waals surface area contributed by atoms with E-state index in [2.05, 4.69) is 12.2 Å². The molecule has 0 unspecified atom stereocenters. The zero-order chi connectivity index (χ0) is 23.1. The van der Waals surface area contributed by atoms with Crippen LogP contribution in [-0.2, 0) is 13.6 Å². The number of amides is 2. The molecule has 1 N–H and O–H groups in total. The second-order valence-corrected chi connectivity index (χ2v) is 7.93. The van der Waals surface area contributed by atoms with E-state index >= 15 is 0 Å². The number of nitrogens with one attached hydrogen (secondary N) is 1. The van der Waals surface area contributed by atoms with Gasteiger partial charge in [-0.15, -0.1) is 0 Å². The van der Waals surface area contributed by atoms with E-state index in [4.69, 9.17) is 14.6 Å². The van der Waals surface area contributed by atoms with Crippen LogP contribution >= 0.6 is 0 Å². The largest absolute Gasteiger partial charge is 0.497 e. The smallest absolute Gasteiger partial charge is 0.317 e. The van der Waals surface area contributed by atoms with E-state index in [9.17, 15) is 4.79 Å². The molecule has 0 spiro atoms. The van der Waals surface area contributed by atoms with Crippen LogP contribution in [0, 0.1) is 0 Å². The molecule has 0 aliphatic heterocycles. The molecule has 0 bridgehead atoms. The van der Waals surface area contributed by atoms with E-state index in [0.717, 1.165) is 23.2 Å². The normalized spacial score (nSPS) is 10.8. The Labute approximate surface area is 190 Å². The molecule has 32 heavy (non-hydrogen) atoms. The van der Waals surface area contributed by atoms with Crippen molar-refractivity contribution in [1.29, 1.82) is 0 Å². The Morgan fingerprint density at radius 2 is 1.84 bits per heavy atom.